The molecular weight excluding hydrogens is 1010 g/mol. The number of rotatable bonds is 19. The molecule has 0 saturated carbocycles. The largest absolute Gasteiger partial charge is 0.384 e. The number of hydrogen-bond donors (Lipinski definition) is 0. The third-order valence-corrected chi connectivity index (χ3v) is 17.6. The number of ether oxygens (including phenoxy) is 4. The highest BCUT2D eigenvalue weighted by molar-refractivity contribution is 6.37. The van der Waals surface area contributed by atoms with Crippen molar-refractivity contribution >= 4 is 73.4 Å². The lowest BCUT2D eigenvalue weighted by Crippen LogP contribution is -2.32. The Morgan fingerprint density at radius 3 is 1.16 bits per heavy atom. The molecule has 0 N–H and O–H groups in total. The summed E-state index contributed by atoms with van der Waals surface area (Å²) in [6.45, 7) is 25.7. The summed E-state index contributed by atoms with van der Waals surface area (Å²) in [4.78, 5) is 61.5. The molecule has 2 aliphatic heterocycles. The van der Waals surface area contributed by atoms with Crippen LogP contribution in [0.15, 0.2) is 90.5 Å². The molecule has 1 aliphatic carbocycles. The number of aryl methyl sites for hydroxylation is 1. The van der Waals surface area contributed by atoms with E-state index in [9.17, 15) is 19.2 Å². The van der Waals surface area contributed by atoms with Crippen molar-refractivity contribution in [3.63, 3.8) is 0 Å². The Bertz CT molecular complexity index is 3660. The number of fused-ring (bicyclic) bond motifs is 6. The first-order valence-corrected chi connectivity index (χ1v) is 29.1. The quantitative estimate of drug-likeness (QED) is 0.0581. The summed E-state index contributed by atoms with van der Waals surface area (Å²) in [6, 6.07) is 29.6. The van der Waals surface area contributed by atoms with Gasteiger partial charge in [-0.3, -0.25) is 19.2 Å². The first-order valence-electron chi connectivity index (χ1n) is 29.1. The average Bonchev–Trinajstić information content (AvgIpc) is 3.10. The summed E-state index contributed by atoms with van der Waals surface area (Å²) in [7, 11) is 6.77. The van der Waals surface area contributed by atoms with Crippen LogP contribution in [0.2, 0.25) is 0 Å². The molecule has 10 rings (SSSR count). The molecule has 422 valence electrons. The molecule has 0 fully saturated rings. The molecule has 0 spiro atoms. The van der Waals surface area contributed by atoms with Crippen molar-refractivity contribution in [2.45, 2.75) is 130 Å². The Kier molecular flexibility index (Phi) is 16.2. The van der Waals surface area contributed by atoms with Crippen molar-refractivity contribution < 1.29 is 38.1 Å². The fourth-order valence-electron chi connectivity index (χ4n) is 13.2. The topological polar surface area (TPSA) is 112 Å². The van der Waals surface area contributed by atoms with Crippen molar-refractivity contribution in [2.75, 3.05) is 64.7 Å². The summed E-state index contributed by atoms with van der Waals surface area (Å²) in [6.07, 6.45) is 4.09. The molecular formula is C71H80N2O8. The van der Waals surface area contributed by atoms with Crippen LogP contribution in [0.1, 0.15) is 214 Å². The number of hydrogen-bond acceptors (Lipinski definition) is 8. The minimum absolute atomic E-state index is 0.000868. The van der Waals surface area contributed by atoms with Crippen LogP contribution >= 0.6 is 0 Å². The van der Waals surface area contributed by atoms with E-state index in [2.05, 4.69) is 143 Å². The van der Waals surface area contributed by atoms with Gasteiger partial charge in [0.25, 0.3) is 23.6 Å². The molecule has 2 heterocycles. The van der Waals surface area contributed by atoms with Gasteiger partial charge in [-0.05, 0) is 186 Å². The van der Waals surface area contributed by atoms with E-state index in [4.69, 9.17) is 18.9 Å². The molecule has 7 aromatic carbocycles. The first kappa shape index (κ1) is 57.4. The summed E-state index contributed by atoms with van der Waals surface area (Å²) in [5, 5.41) is 5.89. The van der Waals surface area contributed by atoms with Gasteiger partial charge in [-0.2, -0.15) is 0 Å². The van der Waals surface area contributed by atoms with E-state index in [1.807, 2.05) is 24.3 Å². The van der Waals surface area contributed by atoms with Gasteiger partial charge in [0, 0.05) is 40.3 Å². The average molecular weight is 1090 g/mol. The Labute approximate surface area is 478 Å². The fourth-order valence-corrected chi connectivity index (χ4v) is 13.2. The molecule has 0 bridgehead atoms. The first-order chi connectivity index (χ1) is 38.7. The Balaban J connectivity index is 0.938. The van der Waals surface area contributed by atoms with E-state index in [0.717, 1.165) is 84.1 Å². The monoisotopic (exact) mass is 1090 g/mol. The third-order valence-electron chi connectivity index (χ3n) is 17.6. The molecule has 2 atom stereocenters. The number of benzene rings is 7. The number of amides is 4. The van der Waals surface area contributed by atoms with Gasteiger partial charge in [0.1, 0.15) is 0 Å². The molecule has 0 saturated heterocycles. The van der Waals surface area contributed by atoms with Gasteiger partial charge in [-0.15, -0.1) is 0 Å². The second-order valence-corrected chi connectivity index (χ2v) is 24.7. The highest BCUT2D eigenvalue weighted by atomic mass is 16.5. The van der Waals surface area contributed by atoms with Crippen molar-refractivity contribution in [1.29, 1.82) is 0 Å². The van der Waals surface area contributed by atoms with Crippen LogP contribution in [0, 0.1) is 12.8 Å². The number of anilines is 2. The number of carbonyl (C=O) groups excluding carboxylic acids is 4. The van der Waals surface area contributed by atoms with Gasteiger partial charge in [0.15, 0.2) is 0 Å². The molecule has 0 aromatic heterocycles. The maximum atomic E-state index is 14.7. The third kappa shape index (κ3) is 10.4. The fraction of sp³-hybridized carbons (Fsp3) is 0.408. The summed E-state index contributed by atoms with van der Waals surface area (Å²) >= 11 is 0. The lowest BCUT2D eigenvalue weighted by Gasteiger charge is -2.28. The minimum atomic E-state index is -0.297. The highest BCUT2D eigenvalue weighted by Crippen LogP contribution is 2.46. The van der Waals surface area contributed by atoms with Crippen LogP contribution in [0.5, 0.6) is 0 Å². The maximum Gasteiger partial charge on any atom is 0.266 e. The van der Waals surface area contributed by atoms with Crippen molar-refractivity contribution in [2.24, 2.45) is 5.92 Å². The van der Waals surface area contributed by atoms with E-state index in [-0.39, 0.29) is 65.1 Å². The highest BCUT2D eigenvalue weighted by Gasteiger charge is 2.42. The molecule has 0 radical (unpaired) electrons. The Hall–Kier alpha value is -6.82. The van der Waals surface area contributed by atoms with Crippen molar-refractivity contribution in [1.82, 2.24) is 0 Å². The van der Waals surface area contributed by atoms with E-state index in [0.29, 0.717) is 66.0 Å². The van der Waals surface area contributed by atoms with Gasteiger partial charge >= 0.3 is 0 Å². The smallest absolute Gasteiger partial charge is 0.266 e. The lowest BCUT2D eigenvalue weighted by atomic mass is 9.78. The second-order valence-electron chi connectivity index (χ2n) is 24.7. The second kappa shape index (κ2) is 22.8. The molecule has 10 nitrogen and oxygen atoms in total. The maximum absolute atomic E-state index is 14.7. The van der Waals surface area contributed by atoms with Crippen molar-refractivity contribution in [3.8, 4) is 0 Å². The van der Waals surface area contributed by atoms with E-state index < -0.39 is 0 Å². The number of carbonyl (C=O) groups is 4. The normalized spacial score (nSPS) is 15.9. The minimum Gasteiger partial charge on any atom is -0.384 e. The summed E-state index contributed by atoms with van der Waals surface area (Å²) in [5.41, 5.74) is 15.3. The summed E-state index contributed by atoms with van der Waals surface area (Å²) < 4.78 is 22.4. The zero-order valence-electron chi connectivity index (χ0n) is 50.2. The van der Waals surface area contributed by atoms with Gasteiger partial charge in [-0.25, -0.2) is 9.80 Å². The predicted molar refractivity (Wildman–Crippen MR) is 329 cm³/mol. The Morgan fingerprint density at radius 1 is 0.444 bits per heavy atom. The number of methoxy groups -OCH3 is 4. The van der Waals surface area contributed by atoms with Gasteiger partial charge in [0.05, 0.1) is 60.1 Å². The van der Waals surface area contributed by atoms with Crippen LogP contribution in [0.3, 0.4) is 0 Å². The zero-order valence-corrected chi connectivity index (χ0v) is 50.2. The molecule has 2 unspecified atom stereocenters. The molecule has 10 heteroatoms. The summed E-state index contributed by atoms with van der Waals surface area (Å²) in [5.74, 6) is -0.499. The predicted octanol–water partition coefficient (Wildman–Crippen LogP) is 16.1. The Morgan fingerprint density at radius 2 is 0.790 bits per heavy atom. The standard InChI is InChI=1S/C71H80N2O8/c1-37(2)57-24-53(55(33-78-12)34-79-13)25-58(38(3)4)66(57)72-68(74)62-29-49-20-45-16-41(9)44(19-47(45)22-51(49)31-64(62)70(72)76)17-42(10)61-28-48-23-52-32-65-63(30-50(52)21-46(48)18-43(61)11)69(75)73(71(65)77)67-59(39(5)6)26-54(27-60(67)40(7)8)56(35-80-14)36-81-15/h18-32,37-42,55-56H,16-17,33-36H2,1-15H3. The molecule has 7 aromatic rings. The van der Waals surface area contributed by atoms with Crippen LogP contribution < -0.4 is 9.80 Å². The molecule has 81 heavy (non-hydrogen) atoms. The number of imide groups is 2. The van der Waals surface area contributed by atoms with Crippen LogP contribution in [0.4, 0.5) is 11.4 Å². The van der Waals surface area contributed by atoms with Crippen LogP contribution in [-0.4, -0.2) is 78.5 Å². The SMILES string of the molecule is COCC(COC)c1cc(C(C)C)c(N2C(=O)c3cc4cc5c(cc4cc3C2=O)CC(C)C(CC(C)c2cc3cc4cc6c(cc4cc3cc2C)C(=O)N(c2c(C(C)C)cc(C(COC)COC)cc2C(C)C)C6=O)=C5)c(C(C)C)c1. The van der Waals surface area contributed by atoms with Gasteiger partial charge in [-0.1, -0.05) is 123 Å². The number of allylic oxidation sites excluding steroid dienone is 1. The van der Waals surface area contributed by atoms with Gasteiger partial charge < -0.3 is 18.9 Å². The van der Waals surface area contributed by atoms with Crippen LogP contribution in [-0.2, 0) is 25.4 Å². The number of nitrogens with zero attached hydrogens (tertiary/aromatic N) is 2. The van der Waals surface area contributed by atoms with E-state index in [1.54, 1.807) is 28.4 Å². The lowest BCUT2D eigenvalue weighted by molar-refractivity contribution is 0.0909. The van der Waals surface area contributed by atoms with Crippen LogP contribution in [0.25, 0.3) is 38.4 Å². The zero-order chi connectivity index (χ0) is 58.0. The molecule has 3 aliphatic rings. The molecule has 4 amide bonds. The van der Waals surface area contributed by atoms with Gasteiger partial charge in [0.2, 0.25) is 0 Å². The van der Waals surface area contributed by atoms with E-state index in [1.165, 1.54) is 32.1 Å². The van der Waals surface area contributed by atoms with E-state index >= 15 is 0 Å². The van der Waals surface area contributed by atoms with Crippen molar-refractivity contribution in [3.05, 3.63) is 168 Å².